The molecule has 2 fully saturated rings. The molecule has 0 N–H and O–H groups in total. The van der Waals surface area contributed by atoms with Gasteiger partial charge in [-0.3, -0.25) is 9.69 Å². The zero-order valence-corrected chi connectivity index (χ0v) is 11.3. The van der Waals surface area contributed by atoms with Crippen molar-refractivity contribution in [3.63, 3.8) is 0 Å². The second-order valence-electron chi connectivity index (χ2n) is 5.38. The van der Waals surface area contributed by atoms with Gasteiger partial charge in [-0.2, -0.15) is 0 Å². The summed E-state index contributed by atoms with van der Waals surface area (Å²) in [5.41, 5.74) is 0.711. The van der Waals surface area contributed by atoms with Gasteiger partial charge in [0.15, 0.2) is 0 Å². The molecule has 3 rings (SSSR count). The Morgan fingerprint density at radius 1 is 1.47 bits per heavy atom. The van der Waals surface area contributed by atoms with Gasteiger partial charge >= 0.3 is 0 Å². The standard InChI is InChI=1S/C15H20N2O2/c1-3-7-16-8-4-14-13(16)5-9-17(14)15(18)12-6-10-19-11(12)2/h3,6,10,13-14H,1,4-5,7-9H2,2H3/t13-,14+/m1/s1. The number of hydrogen-bond donors (Lipinski definition) is 0. The normalized spacial score (nSPS) is 26.7. The van der Waals surface area contributed by atoms with Crippen LogP contribution in [0.3, 0.4) is 0 Å². The lowest BCUT2D eigenvalue weighted by Gasteiger charge is -2.24. The lowest BCUT2D eigenvalue weighted by atomic mass is 10.1. The van der Waals surface area contributed by atoms with E-state index in [0.29, 0.717) is 17.6 Å². The molecular formula is C15H20N2O2. The topological polar surface area (TPSA) is 36.7 Å². The van der Waals surface area contributed by atoms with Gasteiger partial charge in [-0.1, -0.05) is 6.08 Å². The van der Waals surface area contributed by atoms with E-state index in [2.05, 4.69) is 11.5 Å². The molecule has 4 nitrogen and oxygen atoms in total. The molecule has 2 atom stereocenters. The number of likely N-dealkylation sites (tertiary alicyclic amines) is 2. The van der Waals surface area contributed by atoms with E-state index in [9.17, 15) is 4.79 Å². The first-order valence-corrected chi connectivity index (χ1v) is 6.92. The van der Waals surface area contributed by atoms with Gasteiger partial charge < -0.3 is 9.32 Å². The number of carbonyl (C=O) groups excluding carboxylic acids is 1. The van der Waals surface area contributed by atoms with Crippen LogP contribution >= 0.6 is 0 Å². The van der Waals surface area contributed by atoms with Crippen LogP contribution in [0.15, 0.2) is 29.4 Å². The summed E-state index contributed by atoms with van der Waals surface area (Å²) in [6.45, 7) is 8.50. The lowest BCUT2D eigenvalue weighted by molar-refractivity contribution is 0.0731. The Kier molecular flexibility index (Phi) is 3.19. The summed E-state index contributed by atoms with van der Waals surface area (Å²) in [5.74, 6) is 0.841. The summed E-state index contributed by atoms with van der Waals surface area (Å²) in [6.07, 6.45) is 5.68. The Morgan fingerprint density at radius 3 is 2.95 bits per heavy atom. The van der Waals surface area contributed by atoms with Crippen LogP contribution in [0.1, 0.15) is 29.0 Å². The first-order valence-electron chi connectivity index (χ1n) is 6.92. The monoisotopic (exact) mass is 260 g/mol. The van der Waals surface area contributed by atoms with Crippen LogP contribution < -0.4 is 0 Å². The average Bonchev–Trinajstić information content (AvgIpc) is 3.06. The Balaban J connectivity index is 1.76. The molecule has 1 amide bonds. The minimum absolute atomic E-state index is 0.124. The van der Waals surface area contributed by atoms with Gasteiger partial charge in [-0.05, 0) is 25.8 Å². The van der Waals surface area contributed by atoms with E-state index in [1.165, 1.54) is 0 Å². The summed E-state index contributed by atoms with van der Waals surface area (Å²) >= 11 is 0. The maximum atomic E-state index is 12.6. The molecule has 0 spiro atoms. The molecule has 0 unspecified atom stereocenters. The van der Waals surface area contributed by atoms with Crippen LogP contribution in [0.2, 0.25) is 0 Å². The van der Waals surface area contributed by atoms with Gasteiger partial charge in [0.1, 0.15) is 5.76 Å². The van der Waals surface area contributed by atoms with Crippen LogP contribution in [-0.2, 0) is 0 Å². The maximum absolute atomic E-state index is 12.6. The fourth-order valence-corrected chi connectivity index (χ4v) is 3.48. The summed E-state index contributed by atoms with van der Waals surface area (Å²) in [7, 11) is 0. The van der Waals surface area contributed by atoms with Gasteiger partial charge in [0.25, 0.3) is 5.91 Å². The molecule has 4 heteroatoms. The highest BCUT2D eigenvalue weighted by atomic mass is 16.3. The van der Waals surface area contributed by atoms with Crippen molar-refractivity contribution in [2.75, 3.05) is 19.6 Å². The van der Waals surface area contributed by atoms with E-state index < -0.39 is 0 Å². The number of amides is 1. The van der Waals surface area contributed by atoms with Crippen molar-refractivity contribution in [3.8, 4) is 0 Å². The molecule has 3 heterocycles. The Labute approximate surface area is 113 Å². The average molecular weight is 260 g/mol. The van der Waals surface area contributed by atoms with Crippen molar-refractivity contribution in [1.82, 2.24) is 9.80 Å². The predicted octanol–water partition coefficient (Wildman–Crippen LogP) is 2.06. The fourth-order valence-electron chi connectivity index (χ4n) is 3.48. The van der Waals surface area contributed by atoms with Crippen LogP contribution in [0.4, 0.5) is 0 Å². The Hall–Kier alpha value is -1.55. The predicted molar refractivity (Wildman–Crippen MR) is 73.1 cm³/mol. The molecule has 1 aromatic heterocycles. The molecule has 0 bridgehead atoms. The van der Waals surface area contributed by atoms with Crippen molar-refractivity contribution in [2.24, 2.45) is 0 Å². The third-order valence-electron chi connectivity index (χ3n) is 4.41. The van der Waals surface area contributed by atoms with Crippen molar-refractivity contribution < 1.29 is 9.21 Å². The van der Waals surface area contributed by atoms with Gasteiger partial charge in [0.05, 0.1) is 11.8 Å². The summed E-state index contributed by atoms with van der Waals surface area (Å²) in [6, 6.07) is 2.65. The Morgan fingerprint density at radius 2 is 2.26 bits per heavy atom. The molecule has 0 aliphatic carbocycles. The number of nitrogens with zero attached hydrogens (tertiary/aromatic N) is 2. The van der Waals surface area contributed by atoms with E-state index in [1.54, 1.807) is 12.3 Å². The quantitative estimate of drug-likeness (QED) is 0.781. The van der Waals surface area contributed by atoms with Crippen LogP contribution in [-0.4, -0.2) is 47.4 Å². The molecular weight excluding hydrogens is 240 g/mol. The van der Waals surface area contributed by atoms with Crippen LogP contribution in [0.25, 0.3) is 0 Å². The Bertz CT molecular complexity index is 494. The zero-order valence-electron chi connectivity index (χ0n) is 11.3. The van der Waals surface area contributed by atoms with E-state index >= 15 is 0 Å². The molecule has 102 valence electrons. The number of fused-ring (bicyclic) bond motifs is 1. The second-order valence-corrected chi connectivity index (χ2v) is 5.38. The number of rotatable bonds is 3. The van der Waals surface area contributed by atoms with Crippen molar-refractivity contribution >= 4 is 5.91 Å². The first-order chi connectivity index (χ1) is 9.22. The van der Waals surface area contributed by atoms with Crippen LogP contribution in [0, 0.1) is 6.92 Å². The van der Waals surface area contributed by atoms with Crippen molar-refractivity contribution in [3.05, 3.63) is 36.3 Å². The van der Waals surface area contributed by atoms with Crippen molar-refractivity contribution in [1.29, 1.82) is 0 Å². The largest absolute Gasteiger partial charge is 0.469 e. The van der Waals surface area contributed by atoms with Gasteiger partial charge in [-0.15, -0.1) is 6.58 Å². The third kappa shape index (κ3) is 2.00. The first kappa shape index (κ1) is 12.5. The fraction of sp³-hybridized carbons (Fsp3) is 0.533. The van der Waals surface area contributed by atoms with E-state index in [0.717, 1.165) is 38.2 Å². The van der Waals surface area contributed by atoms with E-state index in [4.69, 9.17) is 4.42 Å². The molecule has 2 saturated heterocycles. The van der Waals surface area contributed by atoms with Crippen LogP contribution in [0.5, 0.6) is 0 Å². The molecule has 0 saturated carbocycles. The van der Waals surface area contributed by atoms with Gasteiger partial charge in [-0.25, -0.2) is 0 Å². The molecule has 2 aliphatic heterocycles. The SMILES string of the molecule is C=CCN1CC[C@H]2[C@H]1CCN2C(=O)c1ccoc1C. The van der Waals surface area contributed by atoms with E-state index in [-0.39, 0.29) is 5.91 Å². The highest BCUT2D eigenvalue weighted by molar-refractivity contribution is 5.95. The number of carbonyl (C=O) groups is 1. The highest BCUT2D eigenvalue weighted by Gasteiger charge is 2.44. The van der Waals surface area contributed by atoms with Crippen molar-refractivity contribution in [2.45, 2.75) is 31.8 Å². The smallest absolute Gasteiger partial charge is 0.257 e. The summed E-state index contributed by atoms with van der Waals surface area (Å²) < 4.78 is 5.25. The molecule has 19 heavy (non-hydrogen) atoms. The minimum Gasteiger partial charge on any atom is -0.469 e. The molecule has 1 aromatic rings. The molecule has 0 radical (unpaired) electrons. The third-order valence-corrected chi connectivity index (χ3v) is 4.41. The molecule has 2 aliphatic rings. The summed E-state index contributed by atoms with van der Waals surface area (Å²) in [4.78, 5) is 17.0. The van der Waals surface area contributed by atoms with Gasteiger partial charge in [0.2, 0.25) is 0 Å². The number of hydrogen-bond acceptors (Lipinski definition) is 3. The number of furan rings is 1. The molecule has 0 aromatic carbocycles. The highest BCUT2D eigenvalue weighted by Crippen LogP contribution is 2.32. The maximum Gasteiger partial charge on any atom is 0.257 e. The van der Waals surface area contributed by atoms with Gasteiger partial charge in [0, 0.05) is 31.7 Å². The zero-order chi connectivity index (χ0) is 13.4. The minimum atomic E-state index is 0.124. The lowest BCUT2D eigenvalue weighted by Crippen LogP contribution is -2.39. The summed E-state index contributed by atoms with van der Waals surface area (Å²) in [5, 5.41) is 0. The number of aryl methyl sites for hydroxylation is 1. The second kappa shape index (κ2) is 4.85. The van der Waals surface area contributed by atoms with E-state index in [1.807, 2.05) is 17.9 Å².